The topological polar surface area (TPSA) is 68.2 Å². The van der Waals surface area contributed by atoms with Crippen molar-refractivity contribution in [3.8, 4) is 0 Å². The number of rotatable bonds is 5. The second kappa shape index (κ2) is 7.49. The molecule has 0 saturated heterocycles. The minimum absolute atomic E-state index is 0.0386. The monoisotopic (exact) mass is 328 g/mol. The molecule has 0 saturated carbocycles. The molecule has 1 aliphatic rings. The van der Waals surface area contributed by atoms with Gasteiger partial charge in [-0.25, -0.2) is 4.79 Å². The molecule has 6 nitrogen and oxygen atoms in total. The van der Waals surface area contributed by atoms with E-state index in [1.165, 1.54) is 5.69 Å². The molecule has 1 aromatic heterocycles. The largest absolute Gasteiger partial charge is 0.380 e. The highest BCUT2D eigenvalue weighted by molar-refractivity contribution is 5.74. The summed E-state index contributed by atoms with van der Waals surface area (Å²) in [5, 5.41) is 10.3. The number of fused-ring (bicyclic) bond motifs is 1. The molecular formula is C18H24N4O2. The summed E-state index contributed by atoms with van der Waals surface area (Å²) in [7, 11) is 3.62. The molecular weight excluding hydrogens is 304 g/mol. The lowest BCUT2D eigenvalue weighted by Gasteiger charge is -2.24. The van der Waals surface area contributed by atoms with Crippen LogP contribution in [0.2, 0.25) is 0 Å². The number of hydrogen-bond donors (Lipinski definition) is 2. The first-order chi connectivity index (χ1) is 11.7. The lowest BCUT2D eigenvalue weighted by atomic mass is 9.93. The van der Waals surface area contributed by atoms with E-state index < -0.39 is 0 Å². The van der Waals surface area contributed by atoms with Crippen LogP contribution in [0, 0.1) is 0 Å². The molecule has 0 aliphatic heterocycles. The van der Waals surface area contributed by atoms with E-state index >= 15 is 0 Å². The molecule has 128 valence electrons. The fourth-order valence-electron chi connectivity index (χ4n) is 3.27. The number of ether oxygens (including phenoxy) is 1. The number of carbonyl (C=O) groups is 1. The van der Waals surface area contributed by atoms with Crippen molar-refractivity contribution in [2.24, 2.45) is 7.05 Å². The number of amides is 2. The average Bonchev–Trinajstić information content (AvgIpc) is 2.97. The van der Waals surface area contributed by atoms with Crippen LogP contribution in [0.15, 0.2) is 30.5 Å². The maximum Gasteiger partial charge on any atom is 0.315 e. The Balaban J connectivity index is 1.59. The third-order valence-electron chi connectivity index (χ3n) is 4.54. The van der Waals surface area contributed by atoms with Gasteiger partial charge in [-0.3, -0.25) is 4.68 Å². The molecule has 2 N–H and O–H groups in total. The zero-order chi connectivity index (χ0) is 16.9. The summed E-state index contributed by atoms with van der Waals surface area (Å²) in [4.78, 5) is 12.3. The maximum atomic E-state index is 12.3. The van der Waals surface area contributed by atoms with Crippen LogP contribution in [0.25, 0.3) is 0 Å². The van der Waals surface area contributed by atoms with E-state index in [1.807, 2.05) is 42.2 Å². The molecule has 0 radical (unpaired) electrons. The number of hydrogen-bond acceptors (Lipinski definition) is 3. The van der Waals surface area contributed by atoms with Crippen molar-refractivity contribution < 1.29 is 9.53 Å². The van der Waals surface area contributed by atoms with Crippen molar-refractivity contribution in [1.82, 2.24) is 20.4 Å². The first-order valence-corrected chi connectivity index (χ1v) is 8.30. The average molecular weight is 328 g/mol. The molecule has 6 heteroatoms. The quantitative estimate of drug-likeness (QED) is 0.886. The zero-order valence-corrected chi connectivity index (χ0v) is 14.2. The Bertz CT molecular complexity index is 711. The van der Waals surface area contributed by atoms with E-state index in [0.717, 1.165) is 36.0 Å². The van der Waals surface area contributed by atoms with E-state index in [0.29, 0.717) is 13.2 Å². The highest BCUT2D eigenvalue weighted by Crippen LogP contribution is 2.28. The number of methoxy groups -OCH3 is 1. The molecule has 2 aromatic rings. The van der Waals surface area contributed by atoms with E-state index in [2.05, 4.69) is 15.7 Å². The van der Waals surface area contributed by atoms with E-state index in [1.54, 1.807) is 7.11 Å². The van der Waals surface area contributed by atoms with Gasteiger partial charge in [0.2, 0.25) is 0 Å². The molecule has 24 heavy (non-hydrogen) atoms. The lowest BCUT2D eigenvalue weighted by Crippen LogP contribution is -2.38. The summed E-state index contributed by atoms with van der Waals surface area (Å²) in [6, 6.07) is 7.86. The van der Waals surface area contributed by atoms with Gasteiger partial charge in [0.1, 0.15) is 0 Å². The highest BCUT2D eigenvalue weighted by Gasteiger charge is 2.24. The van der Waals surface area contributed by atoms with Gasteiger partial charge in [0.25, 0.3) is 0 Å². The van der Waals surface area contributed by atoms with Gasteiger partial charge < -0.3 is 15.4 Å². The summed E-state index contributed by atoms with van der Waals surface area (Å²) in [5.41, 5.74) is 4.52. The number of aryl methyl sites for hydroxylation is 1. The summed E-state index contributed by atoms with van der Waals surface area (Å²) in [6.07, 6.45) is 4.91. The fraction of sp³-hybridized carbons (Fsp3) is 0.444. The van der Waals surface area contributed by atoms with Crippen LogP contribution in [-0.2, 0) is 31.4 Å². The molecule has 0 bridgehead atoms. The summed E-state index contributed by atoms with van der Waals surface area (Å²) in [5.74, 6) is 0. The van der Waals surface area contributed by atoms with Gasteiger partial charge in [-0.05, 0) is 30.4 Å². The molecule has 1 heterocycles. The van der Waals surface area contributed by atoms with Crippen LogP contribution in [0.1, 0.15) is 41.3 Å². The Morgan fingerprint density at radius 1 is 1.38 bits per heavy atom. The summed E-state index contributed by atoms with van der Waals surface area (Å²) < 4.78 is 7.11. The smallest absolute Gasteiger partial charge is 0.315 e. The Kier molecular flexibility index (Phi) is 5.15. The maximum absolute atomic E-state index is 12.3. The van der Waals surface area contributed by atoms with Gasteiger partial charge in [0.15, 0.2) is 0 Å². The van der Waals surface area contributed by atoms with Crippen molar-refractivity contribution in [2.45, 2.75) is 38.5 Å². The zero-order valence-electron chi connectivity index (χ0n) is 14.2. The van der Waals surface area contributed by atoms with Crippen molar-refractivity contribution in [3.05, 3.63) is 52.8 Å². The molecule has 1 aliphatic carbocycles. The van der Waals surface area contributed by atoms with Gasteiger partial charge in [-0.2, -0.15) is 5.10 Å². The minimum Gasteiger partial charge on any atom is -0.380 e. The van der Waals surface area contributed by atoms with E-state index in [-0.39, 0.29) is 12.1 Å². The van der Waals surface area contributed by atoms with Crippen LogP contribution in [0.5, 0.6) is 0 Å². The normalized spacial score (nSPS) is 16.5. The predicted molar refractivity (Wildman–Crippen MR) is 91.4 cm³/mol. The fourth-order valence-corrected chi connectivity index (χ4v) is 3.27. The van der Waals surface area contributed by atoms with Gasteiger partial charge >= 0.3 is 6.03 Å². The SMILES string of the molecule is COCc1ccccc1CNC(=O)N[C@H]1CCCc2c1cnn2C. The molecule has 1 atom stereocenters. The van der Waals surface area contributed by atoms with Crippen LogP contribution in [0.4, 0.5) is 4.79 Å². The Morgan fingerprint density at radius 2 is 2.17 bits per heavy atom. The second-order valence-corrected chi connectivity index (χ2v) is 6.14. The van der Waals surface area contributed by atoms with Crippen molar-refractivity contribution in [2.75, 3.05) is 7.11 Å². The number of nitrogens with zero attached hydrogens (tertiary/aromatic N) is 2. The van der Waals surface area contributed by atoms with Crippen LogP contribution >= 0.6 is 0 Å². The molecule has 3 rings (SSSR count). The molecule has 0 spiro atoms. The number of urea groups is 1. The van der Waals surface area contributed by atoms with Crippen LogP contribution < -0.4 is 10.6 Å². The third-order valence-corrected chi connectivity index (χ3v) is 4.54. The number of aromatic nitrogens is 2. The van der Waals surface area contributed by atoms with Crippen molar-refractivity contribution in [3.63, 3.8) is 0 Å². The Hall–Kier alpha value is -2.34. The van der Waals surface area contributed by atoms with Gasteiger partial charge in [0.05, 0.1) is 18.8 Å². The standard InChI is InChI=1S/C18H24N4O2/c1-22-17-9-5-8-16(15(17)11-20-22)21-18(23)19-10-13-6-3-4-7-14(13)12-24-2/h3-4,6-7,11,16H,5,8-10,12H2,1-2H3,(H2,19,21,23)/t16-/m0/s1. The summed E-state index contributed by atoms with van der Waals surface area (Å²) >= 11 is 0. The van der Waals surface area contributed by atoms with E-state index in [4.69, 9.17) is 4.74 Å². The highest BCUT2D eigenvalue weighted by atomic mass is 16.5. The van der Waals surface area contributed by atoms with Crippen LogP contribution in [0.3, 0.4) is 0 Å². The van der Waals surface area contributed by atoms with Crippen molar-refractivity contribution in [1.29, 1.82) is 0 Å². The Labute approximate surface area is 142 Å². The first-order valence-electron chi connectivity index (χ1n) is 8.30. The third kappa shape index (κ3) is 3.59. The molecule has 2 amide bonds. The van der Waals surface area contributed by atoms with Gasteiger partial charge in [0, 0.05) is 32.0 Å². The van der Waals surface area contributed by atoms with Crippen LogP contribution in [-0.4, -0.2) is 22.9 Å². The minimum atomic E-state index is -0.149. The molecule has 1 aromatic carbocycles. The lowest BCUT2D eigenvalue weighted by molar-refractivity contribution is 0.184. The number of carbonyl (C=O) groups excluding carboxylic acids is 1. The number of benzene rings is 1. The Morgan fingerprint density at radius 3 is 2.96 bits per heavy atom. The van der Waals surface area contributed by atoms with E-state index in [9.17, 15) is 4.79 Å². The van der Waals surface area contributed by atoms with Crippen molar-refractivity contribution >= 4 is 6.03 Å². The number of nitrogens with one attached hydrogen (secondary N) is 2. The molecule has 0 fully saturated rings. The van der Waals surface area contributed by atoms with Gasteiger partial charge in [-0.15, -0.1) is 0 Å². The second-order valence-electron chi connectivity index (χ2n) is 6.14. The summed E-state index contributed by atoms with van der Waals surface area (Å²) in [6.45, 7) is 1.03. The van der Waals surface area contributed by atoms with Gasteiger partial charge in [-0.1, -0.05) is 24.3 Å². The first kappa shape index (κ1) is 16.5. The predicted octanol–water partition coefficient (Wildman–Crippen LogP) is 2.44. The molecule has 0 unspecified atom stereocenters.